The molecule has 0 bridgehead atoms. The van der Waals surface area contributed by atoms with Gasteiger partial charge < -0.3 is 9.84 Å². The first kappa shape index (κ1) is 12.0. The molecule has 0 amide bonds. The molecule has 1 fully saturated rings. The van der Waals surface area contributed by atoms with Crippen LogP contribution in [0.4, 0.5) is 0 Å². The quantitative estimate of drug-likeness (QED) is 0.650. The lowest BCUT2D eigenvalue weighted by Gasteiger charge is -2.10. The van der Waals surface area contributed by atoms with Crippen molar-refractivity contribution in [2.24, 2.45) is 0 Å². The zero-order chi connectivity index (χ0) is 12.5. The molecule has 1 unspecified atom stereocenters. The van der Waals surface area contributed by atoms with Gasteiger partial charge in [0.15, 0.2) is 5.03 Å². The normalized spacial score (nSPS) is 20.6. The van der Waals surface area contributed by atoms with Gasteiger partial charge in [0.2, 0.25) is 0 Å². The summed E-state index contributed by atoms with van der Waals surface area (Å²) in [5, 5.41) is 14.0. The SMILES string of the molecule is O=C(O)c1cn[nH]c1S(=O)(=O)NC1CCOC1. The van der Waals surface area contributed by atoms with Gasteiger partial charge in [-0.1, -0.05) is 0 Å². The van der Waals surface area contributed by atoms with E-state index in [9.17, 15) is 13.2 Å². The molecule has 8 nitrogen and oxygen atoms in total. The fourth-order valence-corrected chi connectivity index (χ4v) is 2.88. The van der Waals surface area contributed by atoms with Crippen LogP contribution in [0.5, 0.6) is 0 Å². The van der Waals surface area contributed by atoms with Crippen molar-refractivity contribution in [1.82, 2.24) is 14.9 Å². The monoisotopic (exact) mass is 261 g/mol. The van der Waals surface area contributed by atoms with Gasteiger partial charge in [0.05, 0.1) is 12.8 Å². The number of ether oxygens (including phenoxy) is 1. The molecule has 17 heavy (non-hydrogen) atoms. The number of aromatic nitrogens is 2. The summed E-state index contributed by atoms with van der Waals surface area (Å²) >= 11 is 0. The van der Waals surface area contributed by atoms with Gasteiger partial charge in [0.1, 0.15) is 5.56 Å². The van der Waals surface area contributed by atoms with E-state index in [4.69, 9.17) is 9.84 Å². The van der Waals surface area contributed by atoms with Crippen molar-refractivity contribution in [2.45, 2.75) is 17.5 Å². The molecule has 0 radical (unpaired) electrons. The molecular formula is C8H11N3O5S. The van der Waals surface area contributed by atoms with E-state index >= 15 is 0 Å². The van der Waals surface area contributed by atoms with Gasteiger partial charge in [-0.25, -0.2) is 17.9 Å². The summed E-state index contributed by atoms with van der Waals surface area (Å²) in [5.41, 5.74) is -0.378. The second kappa shape index (κ2) is 4.43. The molecule has 1 aromatic rings. The van der Waals surface area contributed by atoms with E-state index in [1.54, 1.807) is 0 Å². The van der Waals surface area contributed by atoms with Crippen molar-refractivity contribution in [3.8, 4) is 0 Å². The van der Waals surface area contributed by atoms with E-state index in [0.29, 0.717) is 13.0 Å². The predicted octanol–water partition coefficient (Wildman–Crippen LogP) is -0.825. The summed E-state index contributed by atoms with van der Waals surface area (Å²) in [5.74, 6) is -1.35. The molecule has 2 rings (SSSR count). The van der Waals surface area contributed by atoms with Gasteiger partial charge in [-0.2, -0.15) is 5.10 Å². The molecule has 1 aliphatic rings. The number of nitrogens with zero attached hydrogens (tertiary/aromatic N) is 1. The van der Waals surface area contributed by atoms with E-state index in [2.05, 4.69) is 14.9 Å². The third-order valence-electron chi connectivity index (χ3n) is 2.36. The van der Waals surface area contributed by atoms with Crippen LogP contribution in [0.3, 0.4) is 0 Å². The fraction of sp³-hybridized carbons (Fsp3) is 0.500. The zero-order valence-corrected chi connectivity index (χ0v) is 9.53. The molecule has 94 valence electrons. The molecular weight excluding hydrogens is 250 g/mol. The topological polar surface area (TPSA) is 121 Å². The predicted molar refractivity (Wildman–Crippen MR) is 55.1 cm³/mol. The van der Waals surface area contributed by atoms with Crippen LogP contribution in [0, 0.1) is 0 Å². The Labute approximate surface area is 97.0 Å². The Balaban J connectivity index is 2.24. The number of H-pyrrole nitrogens is 1. The van der Waals surface area contributed by atoms with Gasteiger partial charge >= 0.3 is 5.97 Å². The molecule has 1 aliphatic heterocycles. The summed E-state index contributed by atoms with van der Waals surface area (Å²) < 4.78 is 31.1. The number of rotatable bonds is 4. The minimum Gasteiger partial charge on any atom is -0.478 e. The van der Waals surface area contributed by atoms with Crippen molar-refractivity contribution in [3.05, 3.63) is 11.8 Å². The highest BCUT2D eigenvalue weighted by molar-refractivity contribution is 7.89. The number of nitrogens with one attached hydrogen (secondary N) is 2. The third-order valence-corrected chi connectivity index (χ3v) is 3.85. The van der Waals surface area contributed by atoms with Crippen LogP contribution in [0.2, 0.25) is 0 Å². The van der Waals surface area contributed by atoms with Crippen LogP contribution in [0.1, 0.15) is 16.8 Å². The maximum absolute atomic E-state index is 11.9. The van der Waals surface area contributed by atoms with E-state index in [-0.39, 0.29) is 18.2 Å². The third kappa shape index (κ3) is 2.46. The van der Waals surface area contributed by atoms with Crippen LogP contribution in [-0.2, 0) is 14.8 Å². The first-order valence-electron chi connectivity index (χ1n) is 4.87. The Bertz CT molecular complexity index is 517. The lowest BCUT2D eigenvalue weighted by Crippen LogP contribution is -2.35. The van der Waals surface area contributed by atoms with E-state index in [1.165, 1.54) is 0 Å². The number of aromatic amines is 1. The molecule has 9 heteroatoms. The number of carboxylic acid groups (broad SMARTS) is 1. The minimum atomic E-state index is -3.90. The van der Waals surface area contributed by atoms with Crippen LogP contribution < -0.4 is 4.72 Å². The lowest BCUT2D eigenvalue weighted by atomic mass is 10.3. The Hall–Kier alpha value is -1.45. The largest absolute Gasteiger partial charge is 0.478 e. The average Bonchev–Trinajstić information content (AvgIpc) is 2.84. The second-order valence-electron chi connectivity index (χ2n) is 3.60. The standard InChI is InChI=1S/C8H11N3O5S/c12-8(13)6-3-9-10-7(6)17(14,15)11-5-1-2-16-4-5/h3,5,11H,1-2,4H2,(H,9,10)(H,12,13). The van der Waals surface area contributed by atoms with Crippen molar-refractivity contribution in [2.75, 3.05) is 13.2 Å². The van der Waals surface area contributed by atoms with E-state index in [1.807, 2.05) is 0 Å². The fourth-order valence-electron chi connectivity index (χ4n) is 1.54. The highest BCUT2D eigenvalue weighted by atomic mass is 32.2. The summed E-state index contributed by atoms with van der Waals surface area (Å²) in [6, 6.07) is -0.329. The van der Waals surface area contributed by atoms with E-state index < -0.39 is 21.0 Å². The van der Waals surface area contributed by atoms with Gasteiger partial charge in [0, 0.05) is 12.6 Å². The molecule has 1 saturated heterocycles. The van der Waals surface area contributed by atoms with Crippen LogP contribution in [-0.4, -0.2) is 48.9 Å². The summed E-state index contributed by atoms with van der Waals surface area (Å²) in [4.78, 5) is 10.8. The molecule has 1 aromatic heterocycles. The molecule has 0 aromatic carbocycles. The zero-order valence-electron chi connectivity index (χ0n) is 8.71. The van der Waals surface area contributed by atoms with Crippen LogP contribution in [0.25, 0.3) is 0 Å². The number of hydrogen-bond acceptors (Lipinski definition) is 5. The molecule has 1 atom stereocenters. The maximum Gasteiger partial charge on any atom is 0.340 e. The van der Waals surface area contributed by atoms with Gasteiger partial charge in [-0.15, -0.1) is 0 Å². The molecule has 0 aliphatic carbocycles. The van der Waals surface area contributed by atoms with Gasteiger partial charge in [-0.3, -0.25) is 5.10 Å². The molecule has 3 N–H and O–H groups in total. The molecule has 2 heterocycles. The summed E-state index contributed by atoms with van der Waals surface area (Å²) in [6.07, 6.45) is 1.53. The Morgan fingerprint density at radius 2 is 2.41 bits per heavy atom. The maximum atomic E-state index is 11.9. The number of sulfonamides is 1. The van der Waals surface area contributed by atoms with Crippen molar-refractivity contribution < 1.29 is 23.1 Å². The number of hydrogen-bond donors (Lipinski definition) is 3. The first-order chi connectivity index (χ1) is 8.00. The summed E-state index contributed by atoms with van der Waals surface area (Å²) in [6.45, 7) is 0.776. The summed E-state index contributed by atoms with van der Waals surface area (Å²) in [7, 11) is -3.90. The Kier molecular flexibility index (Phi) is 3.13. The Morgan fingerprint density at radius 3 is 3.00 bits per heavy atom. The highest BCUT2D eigenvalue weighted by Gasteiger charge is 2.28. The van der Waals surface area contributed by atoms with Gasteiger partial charge in [0.25, 0.3) is 10.0 Å². The Morgan fingerprint density at radius 1 is 1.65 bits per heavy atom. The average molecular weight is 261 g/mol. The van der Waals surface area contributed by atoms with E-state index in [0.717, 1.165) is 6.20 Å². The first-order valence-corrected chi connectivity index (χ1v) is 6.36. The number of carboxylic acids is 1. The minimum absolute atomic E-state index is 0.287. The van der Waals surface area contributed by atoms with Crippen molar-refractivity contribution in [3.63, 3.8) is 0 Å². The van der Waals surface area contributed by atoms with Gasteiger partial charge in [-0.05, 0) is 6.42 Å². The molecule has 0 saturated carbocycles. The highest BCUT2D eigenvalue weighted by Crippen LogP contribution is 2.14. The smallest absolute Gasteiger partial charge is 0.340 e. The second-order valence-corrected chi connectivity index (χ2v) is 5.25. The number of aromatic carboxylic acids is 1. The lowest BCUT2D eigenvalue weighted by molar-refractivity contribution is 0.0692. The van der Waals surface area contributed by atoms with Crippen molar-refractivity contribution >= 4 is 16.0 Å². The van der Waals surface area contributed by atoms with Crippen molar-refractivity contribution in [1.29, 1.82) is 0 Å². The molecule has 0 spiro atoms. The van der Waals surface area contributed by atoms with Crippen LogP contribution >= 0.6 is 0 Å². The number of carbonyl (C=O) groups is 1. The van der Waals surface area contributed by atoms with Crippen LogP contribution in [0.15, 0.2) is 11.2 Å².